The van der Waals surface area contributed by atoms with Crippen LogP contribution in [0.4, 0.5) is 14.5 Å². The standard InChI is InChI=1S/C26H21F2N3O3.C2H6/c27-20-5-1-3-17(11-20)26(33)34-15-19-4-2-6-22(24(19)28)23(13-29)25(32)31-21-8-7-18-14-30-10-9-16(18)12-21;1-2/h1-12,14,23H,13,15,29H2,(H,31,32);1-2H3. The summed E-state index contributed by atoms with van der Waals surface area (Å²) in [6.07, 6.45) is 3.37. The second kappa shape index (κ2) is 12.5. The van der Waals surface area contributed by atoms with Gasteiger partial charge in [0.2, 0.25) is 5.91 Å². The van der Waals surface area contributed by atoms with Crippen LogP contribution in [0, 0.1) is 11.6 Å². The second-order valence-corrected chi connectivity index (χ2v) is 7.62. The summed E-state index contributed by atoms with van der Waals surface area (Å²) in [6.45, 7) is 3.49. The Balaban J connectivity index is 0.00000176. The van der Waals surface area contributed by atoms with Crippen molar-refractivity contribution in [2.24, 2.45) is 5.73 Å². The molecule has 1 aromatic heterocycles. The predicted molar refractivity (Wildman–Crippen MR) is 135 cm³/mol. The number of hydrogen-bond donors (Lipinski definition) is 2. The van der Waals surface area contributed by atoms with Crippen LogP contribution in [-0.4, -0.2) is 23.4 Å². The molecule has 4 rings (SSSR count). The number of esters is 1. The zero-order valence-electron chi connectivity index (χ0n) is 20.0. The summed E-state index contributed by atoms with van der Waals surface area (Å²) in [4.78, 5) is 29.2. The van der Waals surface area contributed by atoms with E-state index in [1.807, 2.05) is 26.0 Å². The van der Waals surface area contributed by atoms with Gasteiger partial charge in [0, 0.05) is 41.1 Å². The maximum Gasteiger partial charge on any atom is 0.338 e. The van der Waals surface area contributed by atoms with Gasteiger partial charge < -0.3 is 15.8 Å². The van der Waals surface area contributed by atoms with Crippen molar-refractivity contribution < 1.29 is 23.1 Å². The van der Waals surface area contributed by atoms with E-state index in [1.165, 1.54) is 30.3 Å². The fourth-order valence-electron chi connectivity index (χ4n) is 3.59. The van der Waals surface area contributed by atoms with E-state index < -0.39 is 29.4 Å². The van der Waals surface area contributed by atoms with Crippen LogP contribution in [0.3, 0.4) is 0 Å². The second-order valence-electron chi connectivity index (χ2n) is 7.62. The number of carbonyl (C=O) groups excluding carboxylic acids is 2. The molecule has 0 spiro atoms. The van der Waals surface area contributed by atoms with E-state index in [0.717, 1.165) is 16.8 Å². The van der Waals surface area contributed by atoms with Gasteiger partial charge in [0.25, 0.3) is 0 Å². The Morgan fingerprint density at radius 3 is 2.53 bits per heavy atom. The fraction of sp³-hybridized carbons (Fsp3) is 0.179. The molecule has 3 N–H and O–H groups in total. The van der Waals surface area contributed by atoms with Gasteiger partial charge in [0.15, 0.2) is 0 Å². The minimum Gasteiger partial charge on any atom is -0.457 e. The van der Waals surface area contributed by atoms with Crippen LogP contribution in [0.25, 0.3) is 10.8 Å². The highest BCUT2D eigenvalue weighted by atomic mass is 19.1. The number of aromatic nitrogens is 1. The number of rotatable bonds is 7. The molecule has 0 fully saturated rings. The van der Waals surface area contributed by atoms with E-state index in [9.17, 15) is 14.0 Å². The Kier molecular flexibility index (Phi) is 9.19. The lowest BCUT2D eigenvalue weighted by atomic mass is 9.95. The van der Waals surface area contributed by atoms with Crippen molar-refractivity contribution in [1.82, 2.24) is 4.98 Å². The molecule has 0 saturated carbocycles. The lowest BCUT2D eigenvalue weighted by molar-refractivity contribution is -0.117. The monoisotopic (exact) mass is 491 g/mol. The van der Waals surface area contributed by atoms with Gasteiger partial charge in [-0.2, -0.15) is 0 Å². The highest BCUT2D eigenvalue weighted by Crippen LogP contribution is 2.25. The number of nitrogens with zero attached hydrogens (tertiary/aromatic N) is 1. The van der Waals surface area contributed by atoms with Gasteiger partial charge in [-0.3, -0.25) is 9.78 Å². The Morgan fingerprint density at radius 1 is 1.00 bits per heavy atom. The fourth-order valence-corrected chi connectivity index (χ4v) is 3.59. The van der Waals surface area contributed by atoms with Gasteiger partial charge in [0.1, 0.15) is 18.2 Å². The summed E-state index contributed by atoms with van der Waals surface area (Å²) in [6, 6.07) is 16.7. The van der Waals surface area contributed by atoms with Crippen molar-refractivity contribution in [1.29, 1.82) is 0 Å². The van der Waals surface area contributed by atoms with Gasteiger partial charge in [-0.25, -0.2) is 13.6 Å². The summed E-state index contributed by atoms with van der Waals surface area (Å²) in [5, 5.41) is 4.59. The molecule has 1 atom stereocenters. The first-order valence-corrected chi connectivity index (χ1v) is 11.5. The first kappa shape index (κ1) is 26.4. The molecule has 0 radical (unpaired) electrons. The predicted octanol–water partition coefficient (Wildman–Crippen LogP) is 5.58. The number of pyridine rings is 1. The number of nitrogens with one attached hydrogen (secondary N) is 1. The number of nitrogens with two attached hydrogens (primary N) is 1. The Morgan fingerprint density at radius 2 is 1.78 bits per heavy atom. The van der Waals surface area contributed by atoms with Crippen LogP contribution in [0.15, 0.2) is 79.1 Å². The van der Waals surface area contributed by atoms with Gasteiger partial charge in [-0.05, 0) is 41.8 Å². The number of fused-ring (bicyclic) bond motifs is 1. The van der Waals surface area contributed by atoms with Crippen molar-refractivity contribution >= 4 is 28.3 Å². The van der Waals surface area contributed by atoms with Crippen molar-refractivity contribution in [2.45, 2.75) is 26.4 Å². The van der Waals surface area contributed by atoms with Crippen LogP contribution in [0.5, 0.6) is 0 Å². The van der Waals surface area contributed by atoms with Crippen LogP contribution in [0.1, 0.15) is 41.3 Å². The lowest BCUT2D eigenvalue weighted by Gasteiger charge is -2.18. The third-order valence-electron chi connectivity index (χ3n) is 5.36. The molecular formula is C28H27F2N3O3. The van der Waals surface area contributed by atoms with E-state index in [0.29, 0.717) is 5.69 Å². The van der Waals surface area contributed by atoms with E-state index in [1.54, 1.807) is 30.6 Å². The minimum absolute atomic E-state index is 0.0157. The van der Waals surface area contributed by atoms with E-state index in [2.05, 4.69) is 10.3 Å². The molecule has 186 valence electrons. The van der Waals surface area contributed by atoms with Gasteiger partial charge in [0.05, 0.1) is 11.5 Å². The smallest absolute Gasteiger partial charge is 0.338 e. The van der Waals surface area contributed by atoms with Crippen LogP contribution >= 0.6 is 0 Å². The molecule has 4 aromatic rings. The molecule has 1 amide bonds. The molecule has 3 aromatic carbocycles. The SMILES string of the molecule is CC.NCC(C(=O)Nc1ccc2cnccc2c1)c1cccc(COC(=O)c2cccc(F)c2)c1F. The summed E-state index contributed by atoms with van der Waals surface area (Å²) in [5.74, 6) is -3.49. The summed E-state index contributed by atoms with van der Waals surface area (Å²) < 4.78 is 33.7. The third kappa shape index (κ3) is 6.28. The lowest BCUT2D eigenvalue weighted by Crippen LogP contribution is -2.28. The average molecular weight is 492 g/mol. The molecule has 1 unspecified atom stereocenters. The van der Waals surface area contributed by atoms with Crippen molar-refractivity contribution in [3.05, 3.63) is 107 Å². The Labute approximate surface area is 208 Å². The van der Waals surface area contributed by atoms with E-state index in [-0.39, 0.29) is 29.8 Å². The molecule has 0 aliphatic carbocycles. The maximum absolute atomic E-state index is 15.2. The summed E-state index contributed by atoms with van der Waals surface area (Å²) in [5.41, 5.74) is 6.55. The van der Waals surface area contributed by atoms with E-state index in [4.69, 9.17) is 10.5 Å². The maximum atomic E-state index is 15.2. The number of carbonyl (C=O) groups is 2. The van der Waals surface area contributed by atoms with Gasteiger partial charge in [-0.15, -0.1) is 0 Å². The van der Waals surface area contributed by atoms with E-state index >= 15 is 4.39 Å². The van der Waals surface area contributed by atoms with Gasteiger partial charge >= 0.3 is 5.97 Å². The van der Waals surface area contributed by atoms with Crippen molar-refractivity contribution in [3.63, 3.8) is 0 Å². The molecule has 0 saturated heterocycles. The quantitative estimate of drug-likeness (QED) is 0.329. The first-order valence-electron chi connectivity index (χ1n) is 11.5. The van der Waals surface area contributed by atoms with Gasteiger partial charge in [-0.1, -0.05) is 44.2 Å². The molecule has 0 aliphatic heterocycles. The zero-order chi connectivity index (χ0) is 26.1. The van der Waals surface area contributed by atoms with Crippen LogP contribution < -0.4 is 11.1 Å². The molecule has 36 heavy (non-hydrogen) atoms. The highest BCUT2D eigenvalue weighted by molar-refractivity contribution is 5.98. The molecule has 0 aliphatic rings. The normalized spacial score (nSPS) is 11.2. The molecular weight excluding hydrogens is 464 g/mol. The molecule has 6 nitrogen and oxygen atoms in total. The molecule has 1 heterocycles. The zero-order valence-corrected chi connectivity index (χ0v) is 20.0. The molecule has 8 heteroatoms. The largest absolute Gasteiger partial charge is 0.457 e. The topological polar surface area (TPSA) is 94.3 Å². The number of amides is 1. The average Bonchev–Trinajstić information content (AvgIpc) is 2.90. The first-order chi connectivity index (χ1) is 17.5. The minimum atomic E-state index is -0.966. The Bertz CT molecular complexity index is 1360. The molecule has 0 bridgehead atoms. The van der Waals surface area contributed by atoms with Crippen LogP contribution in [0.2, 0.25) is 0 Å². The number of hydrogen-bond acceptors (Lipinski definition) is 5. The Hall–Kier alpha value is -4.17. The number of halogens is 2. The van der Waals surface area contributed by atoms with Crippen molar-refractivity contribution in [3.8, 4) is 0 Å². The summed E-state index contributed by atoms with van der Waals surface area (Å²) in [7, 11) is 0. The summed E-state index contributed by atoms with van der Waals surface area (Å²) >= 11 is 0. The highest BCUT2D eigenvalue weighted by Gasteiger charge is 2.24. The van der Waals surface area contributed by atoms with Crippen molar-refractivity contribution in [2.75, 3.05) is 11.9 Å². The third-order valence-corrected chi connectivity index (χ3v) is 5.36. The number of ether oxygens (including phenoxy) is 1. The van der Waals surface area contributed by atoms with Crippen LogP contribution in [-0.2, 0) is 16.1 Å². The number of anilines is 1. The number of benzene rings is 3.